The molecule has 0 aliphatic carbocycles. The van der Waals surface area contributed by atoms with Crippen LogP contribution in [0, 0.1) is 0 Å². The number of nitrogens with one attached hydrogen (secondary N) is 2. The zero-order chi connectivity index (χ0) is 20.2. The van der Waals surface area contributed by atoms with E-state index in [4.69, 9.17) is 4.98 Å². The van der Waals surface area contributed by atoms with Gasteiger partial charge in [0.2, 0.25) is 5.91 Å². The highest BCUT2D eigenvalue weighted by Crippen LogP contribution is 2.23. The Morgan fingerprint density at radius 1 is 1.21 bits per heavy atom. The van der Waals surface area contributed by atoms with E-state index in [1.165, 1.54) is 12.0 Å². The summed E-state index contributed by atoms with van der Waals surface area (Å²) in [7, 11) is 4.00. The van der Waals surface area contributed by atoms with Gasteiger partial charge in [0, 0.05) is 44.9 Å². The van der Waals surface area contributed by atoms with Gasteiger partial charge < -0.3 is 15.5 Å². The van der Waals surface area contributed by atoms with E-state index < -0.39 is 0 Å². The molecule has 0 unspecified atom stereocenters. The number of benzene rings is 1. The first-order valence-corrected chi connectivity index (χ1v) is 10.5. The third-order valence-electron chi connectivity index (χ3n) is 5.63. The molecule has 1 aromatic heterocycles. The highest BCUT2D eigenvalue weighted by Gasteiger charge is 2.22. The summed E-state index contributed by atoms with van der Waals surface area (Å²) in [6, 6.07) is 10.6. The van der Waals surface area contributed by atoms with Crippen molar-refractivity contribution < 1.29 is 4.79 Å². The normalized spacial score (nSPS) is 19.3. The molecule has 7 heteroatoms. The monoisotopic (exact) mass is 394 g/mol. The minimum absolute atomic E-state index is 0.228. The minimum atomic E-state index is 0.228. The Hall–Kier alpha value is -2.51. The summed E-state index contributed by atoms with van der Waals surface area (Å²) in [5.74, 6) is 1.98. The molecule has 2 saturated heterocycles. The van der Waals surface area contributed by atoms with Crippen molar-refractivity contribution >= 4 is 17.4 Å². The number of nitrogens with zero attached hydrogens (tertiary/aromatic N) is 4. The van der Waals surface area contributed by atoms with Crippen LogP contribution >= 0.6 is 0 Å². The predicted molar refractivity (Wildman–Crippen MR) is 115 cm³/mol. The quantitative estimate of drug-likeness (QED) is 0.752. The van der Waals surface area contributed by atoms with Gasteiger partial charge in [0.05, 0.1) is 11.7 Å². The highest BCUT2D eigenvalue weighted by molar-refractivity contribution is 5.95. The minimum Gasteiger partial charge on any atom is -0.373 e. The van der Waals surface area contributed by atoms with E-state index in [0.717, 1.165) is 62.0 Å². The fourth-order valence-electron chi connectivity index (χ4n) is 4.13. The Balaban J connectivity index is 1.40. The summed E-state index contributed by atoms with van der Waals surface area (Å²) in [6.07, 6.45) is 3.88. The van der Waals surface area contributed by atoms with Crippen LogP contribution in [0.2, 0.25) is 0 Å². The second-order valence-corrected chi connectivity index (χ2v) is 7.99. The Morgan fingerprint density at radius 2 is 2.03 bits per heavy atom. The summed E-state index contributed by atoms with van der Waals surface area (Å²) >= 11 is 0. The molecule has 2 aromatic rings. The topological polar surface area (TPSA) is 73.4 Å². The lowest BCUT2D eigenvalue weighted by Crippen LogP contribution is -2.23. The van der Waals surface area contributed by atoms with Crippen LogP contribution in [-0.4, -0.2) is 48.0 Å². The zero-order valence-corrected chi connectivity index (χ0v) is 17.3. The van der Waals surface area contributed by atoms with Crippen LogP contribution in [0.25, 0.3) is 0 Å². The number of amides is 1. The fourth-order valence-corrected chi connectivity index (χ4v) is 4.13. The molecule has 154 valence electrons. The molecule has 7 nitrogen and oxygen atoms in total. The van der Waals surface area contributed by atoms with E-state index in [1.54, 1.807) is 0 Å². The average molecular weight is 395 g/mol. The van der Waals surface area contributed by atoms with Gasteiger partial charge in [-0.25, -0.2) is 9.97 Å². The van der Waals surface area contributed by atoms with E-state index >= 15 is 0 Å². The van der Waals surface area contributed by atoms with Crippen molar-refractivity contribution in [1.29, 1.82) is 0 Å². The largest absolute Gasteiger partial charge is 0.373 e. The first kappa shape index (κ1) is 19.8. The molecule has 0 spiro atoms. The molecule has 3 heterocycles. The van der Waals surface area contributed by atoms with Crippen molar-refractivity contribution in [2.24, 2.45) is 0 Å². The SMILES string of the molecule is CNc1cc(CN(C)Cc2ccc(N3CCCC3=O)cc2)nc([C@H]2CCCN2)n1. The summed E-state index contributed by atoms with van der Waals surface area (Å²) < 4.78 is 0. The smallest absolute Gasteiger partial charge is 0.227 e. The molecule has 0 radical (unpaired) electrons. The summed E-state index contributed by atoms with van der Waals surface area (Å²) in [5.41, 5.74) is 3.25. The average Bonchev–Trinajstić information content (AvgIpc) is 3.40. The van der Waals surface area contributed by atoms with E-state index in [1.807, 2.05) is 18.0 Å². The van der Waals surface area contributed by atoms with Crippen LogP contribution in [0.3, 0.4) is 0 Å². The summed E-state index contributed by atoms with van der Waals surface area (Å²) in [4.78, 5) is 25.5. The van der Waals surface area contributed by atoms with Gasteiger partial charge in [-0.2, -0.15) is 0 Å². The van der Waals surface area contributed by atoms with Gasteiger partial charge in [-0.3, -0.25) is 9.69 Å². The van der Waals surface area contributed by atoms with Gasteiger partial charge in [0.15, 0.2) is 0 Å². The molecular formula is C22H30N6O. The van der Waals surface area contributed by atoms with Gasteiger partial charge in [0.25, 0.3) is 0 Å². The number of hydrogen-bond acceptors (Lipinski definition) is 6. The Labute approximate surface area is 172 Å². The van der Waals surface area contributed by atoms with Crippen molar-refractivity contribution in [3.63, 3.8) is 0 Å². The first-order chi connectivity index (χ1) is 14.1. The molecule has 2 aliphatic heterocycles. The molecule has 2 N–H and O–H groups in total. The van der Waals surface area contributed by atoms with Crippen LogP contribution in [-0.2, 0) is 17.9 Å². The number of carbonyl (C=O) groups excluding carboxylic acids is 1. The maximum absolute atomic E-state index is 11.9. The lowest BCUT2D eigenvalue weighted by molar-refractivity contribution is -0.117. The first-order valence-electron chi connectivity index (χ1n) is 10.5. The van der Waals surface area contributed by atoms with Crippen LogP contribution in [0.1, 0.15) is 48.8 Å². The second kappa shape index (κ2) is 8.88. The van der Waals surface area contributed by atoms with Gasteiger partial charge in [-0.05, 0) is 50.6 Å². The van der Waals surface area contributed by atoms with Gasteiger partial charge in [0.1, 0.15) is 11.6 Å². The number of carbonyl (C=O) groups is 1. The second-order valence-electron chi connectivity index (χ2n) is 7.99. The van der Waals surface area contributed by atoms with Crippen LogP contribution in [0.4, 0.5) is 11.5 Å². The van der Waals surface area contributed by atoms with E-state index in [9.17, 15) is 4.79 Å². The molecule has 1 amide bonds. The van der Waals surface area contributed by atoms with Crippen molar-refractivity contribution in [1.82, 2.24) is 20.2 Å². The maximum Gasteiger partial charge on any atom is 0.227 e. The van der Waals surface area contributed by atoms with Crippen molar-refractivity contribution in [3.8, 4) is 0 Å². The number of aromatic nitrogens is 2. The third kappa shape index (κ3) is 4.74. The molecular weight excluding hydrogens is 364 g/mol. The van der Waals surface area contributed by atoms with Crippen molar-refractivity contribution in [2.75, 3.05) is 37.4 Å². The maximum atomic E-state index is 11.9. The molecule has 0 saturated carbocycles. The van der Waals surface area contributed by atoms with E-state index in [-0.39, 0.29) is 11.9 Å². The molecule has 2 aliphatic rings. The lowest BCUT2D eigenvalue weighted by Gasteiger charge is -2.19. The molecule has 29 heavy (non-hydrogen) atoms. The van der Waals surface area contributed by atoms with E-state index in [2.05, 4.69) is 51.8 Å². The van der Waals surface area contributed by atoms with Crippen LogP contribution in [0.15, 0.2) is 30.3 Å². The Bertz CT molecular complexity index is 847. The molecule has 2 fully saturated rings. The molecule has 4 rings (SSSR count). The Kier molecular flexibility index (Phi) is 6.06. The van der Waals surface area contributed by atoms with Crippen molar-refractivity contribution in [3.05, 3.63) is 47.4 Å². The third-order valence-corrected chi connectivity index (χ3v) is 5.63. The predicted octanol–water partition coefficient (Wildman–Crippen LogP) is 2.70. The van der Waals surface area contributed by atoms with Crippen molar-refractivity contribution in [2.45, 2.75) is 44.8 Å². The van der Waals surface area contributed by atoms with Gasteiger partial charge >= 0.3 is 0 Å². The standard InChI is InChI=1S/C22H30N6O/c1-23-20-13-17(25-22(26-20)19-5-3-11-24-19)15-27(2)14-16-7-9-18(10-8-16)28-12-4-6-21(28)29/h7-10,13,19,24H,3-6,11-12,14-15H2,1-2H3,(H,23,25,26)/t19-/m1/s1. The number of rotatable bonds is 7. The Morgan fingerprint density at radius 3 is 2.69 bits per heavy atom. The van der Waals surface area contributed by atoms with Crippen LogP contribution in [0.5, 0.6) is 0 Å². The number of hydrogen-bond donors (Lipinski definition) is 2. The molecule has 1 atom stereocenters. The number of anilines is 2. The highest BCUT2D eigenvalue weighted by atomic mass is 16.2. The zero-order valence-electron chi connectivity index (χ0n) is 17.3. The van der Waals surface area contributed by atoms with Gasteiger partial charge in [-0.15, -0.1) is 0 Å². The molecule has 0 bridgehead atoms. The van der Waals surface area contributed by atoms with E-state index in [0.29, 0.717) is 6.42 Å². The summed E-state index contributed by atoms with van der Waals surface area (Å²) in [6.45, 7) is 3.44. The molecule has 1 aromatic carbocycles. The summed E-state index contributed by atoms with van der Waals surface area (Å²) in [5, 5.41) is 6.64. The fraction of sp³-hybridized carbons (Fsp3) is 0.500. The lowest BCUT2D eigenvalue weighted by atomic mass is 10.2. The van der Waals surface area contributed by atoms with Crippen LogP contribution < -0.4 is 15.5 Å². The van der Waals surface area contributed by atoms with Gasteiger partial charge in [-0.1, -0.05) is 12.1 Å².